The number of aromatic nitrogens is 2. The van der Waals surface area contributed by atoms with Crippen LogP contribution in [0.2, 0.25) is 0 Å². The van der Waals surface area contributed by atoms with Gasteiger partial charge in [0.1, 0.15) is 5.82 Å². The Balaban J connectivity index is 1.83. The Hall–Kier alpha value is -1.07. The fourth-order valence-corrected chi connectivity index (χ4v) is 2.34. The first-order valence-corrected chi connectivity index (χ1v) is 6.72. The number of nitrogens with two attached hydrogens (primary N) is 1. The van der Waals surface area contributed by atoms with Crippen molar-refractivity contribution in [1.29, 1.82) is 0 Å². The van der Waals surface area contributed by atoms with E-state index in [1.54, 1.807) is 7.11 Å². The van der Waals surface area contributed by atoms with Crippen molar-refractivity contribution in [2.75, 3.05) is 32.5 Å². The average Bonchev–Trinajstić information content (AvgIpc) is 3.13. The van der Waals surface area contributed by atoms with Gasteiger partial charge >= 0.3 is 0 Å². The maximum Gasteiger partial charge on any atom is 0.145 e. The molecule has 1 saturated carbocycles. The standard InChI is InChI=1S/C13H24N4O/c1-11(12-3-4-12)16(9-10-18-2)7-8-17-6-5-13(14)15-17/h5-6,11-12H,3-4,7-10H2,1-2H3,(H2,14,15). The lowest BCUT2D eigenvalue weighted by Gasteiger charge is -2.28. The zero-order valence-corrected chi connectivity index (χ0v) is 11.4. The van der Waals surface area contributed by atoms with Gasteiger partial charge in [0.2, 0.25) is 0 Å². The molecule has 0 saturated heterocycles. The minimum atomic E-state index is 0.591. The molecule has 0 spiro atoms. The lowest BCUT2D eigenvalue weighted by molar-refractivity contribution is 0.113. The molecule has 102 valence electrons. The Labute approximate surface area is 109 Å². The van der Waals surface area contributed by atoms with Gasteiger partial charge in [-0.05, 0) is 31.7 Å². The summed E-state index contributed by atoms with van der Waals surface area (Å²) in [6.45, 7) is 5.99. The van der Waals surface area contributed by atoms with E-state index in [0.29, 0.717) is 11.9 Å². The maximum absolute atomic E-state index is 5.62. The third-order valence-corrected chi connectivity index (χ3v) is 3.74. The van der Waals surface area contributed by atoms with Crippen LogP contribution in [-0.2, 0) is 11.3 Å². The lowest BCUT2D eigenvalue weighted by Crippen LogP contribution is -2.39. The molecule has 5 heteroatoms. The molecule has 2 N–H and O–H groups in total. The molecule has 1 heterocycles. The molecule has 18 heavy (non-hydrogen) atoms. The molecule has 0 aliphatic heterocycles. The number of hydrogen-bond donors (Lipinski definition) is 1. The van der Waals surface area contributed by atoms with Crippen LogP contribution in [0.4, 0.5) is 5.82 Å². The highest BCUT2D eigenvalue weighted by atomic mass is 16.5. The van der Waals surface area contributed by atoms with Crippen molar-refractivity contribution in [3.63, 3.8) is 0 Å². The van der Waals surface area contributed by atoms with Crippen molar-refractivity contribution in [2.45, 2.75) is 32.4 Å². The van der Waals surface area contributed by atoms with Gasteiger partial charge in [-0.15, -0.1) is 0 Å². The number of nitrogen functional groups attached to an aromatic ring is 1. The molecule has 1 aromatic heterocycles. The monoisotopic (exact) mass is 252 g/mol. The summed E-state index contributed by atoms with van der Waals surface area (Å²) in [5.74, 6) is 1.47. The van der Waals surface area contributed by atoms with Gasteiger partial charge in [-0.1, -0.05) is 0 Å². The van der Waals surface area contributed by atoms with Gasteiger partial charge in [0.05, 0.1) is 13.2 Å². The summed E-state index contributed by atoms with van der Waals surface area (Å²) in [5, 5.41) is 4.22. The predicted molar refractivity (Wildman–Crippen MR) is 72.3 cm³/mol. The van der Waals surface area contributed by atoms with Crippen molar-refractivity contribution in [2.24, 2.45) is 5.92 Å². The number of rotatable bonds is 8. The van der Waals surface area contributed by atoms with Gasteiger partial charge < -0.3 is 10.5 Å². The Kier molecular flexibility index (Phi) is 4.60. The number of ether oxygens (including phenoxy) is 1. The highest BCUT2D eigenvalue weighted by Gasteiger charge is 2.31. The maximum atomic E-state index is 5.62. The van der Waals surface area contributed by atoms with Crippen LogP contribution in [0.1, 0.15) is 19.8 Å². The van der Waals surface area contributed by atoms with Gasteiger partial charge in [0, 0.05) is 32.4 Å². The molecule has 0 radical (unpaired) electrons. The van der Waals surface area contributed by atoms with E-state index in [9.17, 15) is 0 Å². The van der Waals surface area contributed by atoms with E-state index >= 15 is 0 Å². The van der Waals surface area contributed by atoms with Crippen molar-refractivity contribution < 1.29 is 4.74 Å². The van der Waals surface area contributed by atoms with E-state index in [2.05, 4.69) is 16.9 Å². The first-order chi connectivity index (χ1) is 8.70. The van der Waals surface area contributed by atoms with Gasteiger partial charge in [-0.25, -0.2) is 0 Å². The molecule has 1 fully saturated rings. The summed E-state index contributed by atoms with van der Waals surface area (Å²) in [6.07, 6.45) is 4.68. The van der Waals surface area contributed by atoms with Crippen molar-refractivity contribution in [1.82, 2.24) is 14.7 Å². The molecule has 2 rings (SSSR count). The SMILES string of the molecule is COCCN(CCn1ccc(N)n1)C(C)C1CC1. The summed E-state index contributed by atoms with van der Waals surface area (Å²) in [7, 11) is 1.76. The van der Waals surface area contributed by atoms with Gasteiger partial charge in [-0.2, -0.15) is 5.10 Å². The lowest BCUT2D eigenvalue weighted by atomic mass is 10.2. The van der Waals surface area contributed by atoms with Crippen LogP contribution in [0.25, 0.3) is 0 Å². The molecule has 1 aliphatic rings. The zero-order chi connectivity index (χ0) is 13.0. The van der Waals surface area contributed by atoms with E-state index in [4.69, 9.17) is 10.5 Å². The third-order valence-electron chi connectivity index (χ3n) is 3.74. The van der Waals surface area contributed by atoms with Crippen LogP contribution in [0.3, 0.4) is 0 Å². The fraction of sp³-hybridized carbons (Fsp3) is 0.769. The second-order valence-corrected chi connectivity index (χ2v) is 5.11. The largest absolute Gasteiger partial charge is 0.383 e. The van der Waals surface area contributed by atoms with E-state index in [1.807, 2.05) is 16.9 Å². The predicted octanol–water partition coefficient (Wildman–Crippen LogP) is 1.21. The fourth-order valence-electron chi connectivity index (χ4n) is 2.34. The average molecular weight is 252 g/mol. The molecule has 1 aliphatic carbocycles. The van der Waals surface area contributed by atoms with Gasteiger partial charge in [0.15, 0.2) is 0 Å². The van der Waals surface area contributed by atoms with Crippen LogP contribution in [0.5, 0.6) is 0 Å². The quantitative estimate of drug-likeness (QED) is 0.755. The summed E-state index contributed by atoms with van der Waals surface area (Å²) < 4.78 is 7.11. The highest BCUT2D eigenvalue weighted by molar-refractivity contribution is 5.23. The minimum absolute atomic E-state index is 0.591. The van der Waals surface area contributed by atoms with Gasteiger partial charge in [-0.3, -0.25) is 9.58 Å². The molecule has 1 atom stereocenters. The Morgan fingerprint density at radius 2 is 2.33 bits per heavy atom. The third kappa shape index (κ3) is 3.71. The number of anilines is 1. The number of methoxy groups -OCH3 is 1. The van der Waals surface area contributed by atoms with Crippen LogP contribution in [-0.4, -0.2) is 47.5 Å². The minimum Gasteiger partial charge on any atom is -0.383 e. The van der Waals surface area contributed by atoms with Crippen LogP contribution in [0, 0.1) is 5.92 Å². The molecule has 1 unspecified atom stereocenters. The van der Waals surface area contributed by atoms with Crippen LogP contribution in [0.15, 0.2) is 12.3 Å². The second-order valence-electron chi connectivity index (χ2n) is 5.11. The topological polar surface area (TPSA) is 56.3 Å². The van der Waals surface area contributed by atoms with E-state index in [-0.39, 0.29) is 0 Å². The molecule has 5 nitrogen and oxygen atoms in total. The first-order valence-electron chi connectivity index (χ1n) is 6.72. The van der Waals surface area contributed by atoms with E-state index < -0.39 is 0 Å². The van der Waals surface area contributed by atoms with Crippen LogP contribution >= 0.6 is 0 Å². The second kappa shape index (κ2) is 6.20. The number of hydrogen-bond acceptors (Lipinski definition) is 4. The normalized spacial score (nSPS) is 17.3. The Bertz CT molecular complexity index is 362. The van der Waals surface area contributed by atoms with Crippen LogP contribution < -0.4 is 5.73 Å². The Morgan fingerprint density at radius 1 is 1.56 bits per heavy atom. The van der Waals surface area contributed by atoms with Crippen molar-refractivity contribution in [3.8, 4) is 0 Å². The highest BCUT2D eigenvalue weighted by Crippen LogP contribution is 2.34. The van der Waals surface area contributed by atoms with Crippen molar-refractivity contribution >= 4 is 5.82 Å². The van der Waals surface area contributed by atoms with Gasteiger partial charge in [0.25, 0.3) is 0 Å². The summed E-state index contributed by atoms with van der Waals surface area (Å²) in [4.78, 5) is 2.50. The number of nitrogens with zero attached hydrogens (tertiary/aromatic N) is 3. The zero-order valence-electron chi connectivity index (χ0n) is 11.4. The molecular weight excluding hydrogens is 228 g/mol. The Morgan fingerprint density at radius 3 is 2.89 bits per heavy atom. The van der Waals surface area contributed by atoms with E-state index in [1.165, 1.54) is 12.8 Å². The molecule has 0 bridgehead atoms. The molecule has 1 aromatic rings. The van der Waals surface area contributed by atoms with E-state index in [0.717, 1.165) is 32.2 Å². The summed E-state index contributed by atoms with van der Waals surface area (Å²) in [6, 6.07) is 2.48. The smallest absolute Gasteiger partial charge is 0.145 e. The molecule has 0 amide bonds. The molecular formula is C13H24N4O. The summed E-state index contributed by atoms with van der Waals surface area (Å²) in [5.41, 5.74) is 5.62. The first kappa shape index (κ1) is 13.4. The summed E-state index contributed by atoms with van der Waals surface area (Å²) >= 11 is 0. The van der Waals surface area contributed by atoms with Crippen molar-refractivity contribution in [3.05, 3.63) is 12.3 Å². The molecule has 0 aromatic carbocycles.